The van der Waals surface area contributed by atoms with E-state index in [1.165, 1.54) is 7.11 Å². The Morgan fingerprint density at radius 3 is 2.75 bits per heavy atom. The number of hydrogen-bond donors (Lipinski definition) is 1. The average Bonchev–Trinajstić information content (AvgIpc) is 3.10. The fourth-order valence-corrected chi connectivity index (χ4v) is 4.41. The number of nitrogens with zero attached hydrogens (tertiary/aromatic N) is 2. The Hall–Kier alpha value is -2.31. The molecule has 148 valence electrons. The molecule has 2 aliphatic rings. The monoisotopic (exact) mass is 402 g/mol. The van der Waals surface area contributed by atoms with E-state index in [1.54, 1.807) is 30.5 Å². The quantitative estimate of drug-likeness (QED) is 0.851. The molecule has 4 rings (SSSR count). The molecule has 7 heteroatoms. The van der Waals surface area contributed by atoms with E-state index < -0.39 is 6.10 Å². The molecule has 6 nitrogen and oxygen atoms in total. The number of methoxy groups -OCH3 is 1. The summed E-state index contributed by atoms with van der Waals surface area (Å²) in [6.45, 7) is 1.31. The molecule has 1 amide bonds. The third kappa shape index (κ3) is 3.93. The number of hydrogen-bond acceptors (Lipinski definition) is 5. The van der Waals surface area contributed by atoms with Crippen molar-refractivity contribution in [2.75, 3.05) is 20.2 Å². The molecular formula is C21H23ClN2O4. The minimum Gasteiger partial charge on any atom is -0.488 e. The van der Waals surface area contributed by atoms with Gasteiger partial charge in [0.25, 0.3) is 5.91 Å². The number of benzene rings is 1. The van der Waals surface area contributed by atoms with Crippen molar-refractivity contribution >= 4 is 17.5 Å². The Kier molecular flexibility index (Phi) is 5.42. The summed E-state index contributed by atoms with van der Waals surface area (Å²) in [5.74, 6) is 1.64. The molecule has 2 heterocycles. The molecule has 1 aliphatic carbocycles. The molecular weight excluding hydrogens is 380 g/mol. The van der Waals surface area contributed by atoms with E-state index in [2.05, 4.69) is 4.98 Å². The third-order valence-corrected chi connectivity index (χ3v) is 5.88. The van der Waals surface area contributed by atoms with E-state index in [1.807, 2.05) is 17.0 Å². The number of amides is 1. The van der Waals surface area contributed by atoms with Crippen LogP contribution < -0.4 is 9.47 Å². The van der Waals surface area contributed by atoms with Gasteiger partial charge in [0.2, 0.25) is 5.88 Å². The van der Waals surface area contributed by atoms with Gasteiger partial charge in [-0.15, -0.1) is 0 Å². The number of likely N-dealkylation sites (tertiary alicyclic amines) is 1. The van der Waals surface area contributed by atoms with Crippen LogP contribution in [0.25, 0.3) is 0 Å². The summed E-state index contributed by atoms with van der Waals surface area (Å²) >= 11 is 6.02. The van der Waals surface area contributed by atoms with Crippen molar-refractivity contribution in [1.29, 1.82) is 0 Å². The highest BCUT2D eigenvalue weighted by molar-refractivity contribution is 6.30. The summed E-state index contributed by atoms with van der Waals surface area (Å²) in [6, 6.07) is 10.6. The fraction of sp³-hybridized carbons (Fsp3) is 0.429. The normalized spacial score (nSPS) is 26.6. The predicted octanol–water partition coefficient (Wildman–Crippen LogP) is 3.03. The summed E-state index contributed by atoms with van der Waals surface area (Å²) in [5, 5.41) is 11.2. The first-order valence-corrected chi connectivity index (χ1v) is 9.81. The van der Waals surface area contributed by atoms with Gasteiger partial charge in [0.05, 0.1) is 13.2 Å². The lowest BCUT2D eigenvalue weighted by molar-refractivity contribution is -0.0231. The standard InChI is InChI=1S/C21H23ClN2O4/c1-27-20-9-13(5-6-23-20)21(26)24-11-14-7-18(25)19(8-15(14)12-24)28-17-4-2-3-16(22)10-17/h2-6,9-10,14-15,18-19,25H,7-8,11-12H2,1H3/t14-,15+,18+,19+/m0/s1. The summed E-state index contributed by atoms with van der Waals surface area (Å²) in [5.41, 5.74) is 0.567. The maximum Gasteiger partial charge on any atom is 0.254 e. The SMILES string of the molecule is COc1cc(C(=O)N2C[C@H]3C[C@@H](Oc4cccc(Cl)c4)[C@H](O)C[C@H]3C2)ccn1. The van der Waals surface area contributed by atoms with Gasteiger partial charge in [0.1, 0.15) is 11.9 Å². The molecule has 1 N–H and O–H groups in total. The predicted molar refractivity (Wildman–Crippen MR) is 105 cm³/mol. The van der Waals surface area contributed by atoms with Gasteiger partial charge in [-0.1, -0.05) is 17.7 Å². The number of aliphatic hydroxyl groups is 1. The summed E-state index contributed by atoms with van der Waals surface area (Å²) in [6.07, 6.45) is 2.06. The van der Waals surface area contributed by atoms with E-state index in [0.29, 0.717) is 54.1 Å². The van der Waals surface area contributed by atoms with Gasteiger partial charge in [-0.2, -0.15) is 0 Å². The van der Waals surface area contributed by atoms with E-state index in [0.717, 1.165) is 0 Å². The fourth-order valence-electron chi connectivity index (χ4n) is 4.23. The van der Waals surface area contributed by atoms with Gasteiger partial charge in [0, 0.05) is 35.9 Å². The third-order valence-electron chi connectivity index (χ3n) is 5.65. The van der Waals surface area contributed by atoms with Gasteiger partial charge in [-0.3, -0.25) is 4.79 Å². The smallest absolute Gasteiger partial charge is 0.254 e. The van der Waals surface area contributed by atoms with Gasteiger partial charge >= 0.3 is 0 Å². The largest absolute Gasteiger partial charge is 0.488 e. The first-order chi connectivity index (χ1) is 13.5. The summed E-state index contributed by atoms with van der Waals surface area (Å²) < 4.78 is 11.1. The topological polar surface area (TPSA) is 71.9 Å². The van der Waals surface area contributed by atoms with Crippen LogP contribution in [0.3, 0.4) is 0 Å². The number of pyridine rings is 1. The molecule has 1 aromatic carbocycles. The molecule has 0 unspecified atom stereocenters. The van der Waals surface area contributed by atoms with Gasteiger partial charge < -0.3 is 19.5 Å². The van der Waals surface area contributed by atoms with Gasteiger partial charge in [-0.25, -0.2) is 4.98 Å². The first kappa shape index (κ1) is 19.0. The zero-order valence-corrected chi connectivity index (χ0v) is 16.4. The summed E-state index contributed by atoms with van der Waals surface area (Å²) in [7, 11) is 1.53. The number of ether oxygens (including phenoxy) is 2. The zero-order chi connectivity index (χ0) is 19.7. The van der Waals surface area contributed by atoms with E-state index in [4.69, 9.17) is 21.1 Å². The number of aromatic nitrogens is 1. The van der Waals surface area contributed by atoms with Crippen LogP contribution in [0.5, 0.6) is 11.6 Å². The highest BCUT2D eigenvalue weighted by Gasteiger charge is 2.44. The average molecular weight is 403 g/mol. The lowest BCUT2D eigenvalue weighted by Gasteiger charge is -2.35. The Morgan fingerprint density at radius 1 is 1.21 bits per heavy atom. The minimum absolute atomic E-state index is 0.0306. The zero-order valence-electron chi connectivity index (χ0n) is 15.6. The Labute approximate surface area is 169 Å². The molecule has 28 heavy (non-hydrogen) atoms. The molecule has 0 spiro atoms. The Balaban J connectivity index is 1.43. The second-order valence-corrected chi connectivity index (χ2v) is 7.91. The molecule has 2 aromatic rings. The molecule has 4 atom stereocenters. The van der Waals surface area contributed by atoms with Crippen molar-refractivity contribution < 1.29 is 19.4 Å². The number of aliphatic hydroxyl groups excluding tert-OH is 1. The van der Waals surface area contributed by atoms with Gasteiger partial charge in [0.15, 0.2) is 0 Å². The van der Waals surface area contributed by atoms with Crippen LogP contribution in [0.2, 0.25) is 5.02 Å². The van der Waals surface area contributed by atoms with Crippen LogP contribution >= 0.6 is 11.6 Å². The van der Waals surface area contributed by atoms with Crippen molar-refractivity contribution in [2.45, 2.75) is 25.0 Å². The molecule has 0 bridgehead atoms. The van der Waals surface area contributed by atoms with Crippen molar-refractivity contribution in [2.24, 2.45) is 11.8 Å². The second kappa shape index (κ2) is 7.97. The van der Waals surface area contributed by atoms with Crippen molar-refractivity contribution in [3.8, 4) is 11.6 Å². The molecule has 1 saturated heterocycles. The highest BCUT2D eigenvalue weighted by Crippen LogP contribution is 2.38. The molecule has 1 aromatic heterocycles. The first-order valence-electron chi connectivity index (χ1n) is 9.43. The van der Waals surface area contributed by atoms with Gasteiger partial charge in [-0.05, 0) is 48.9 Å². The molecule has 1 aliphatic heterocycles. The van der Waals surface area contributed by atoms with Crippen LogP contribution in [-0.4, -0.2) is 53.3 Å². The molecule has 1 saturated carbocycles. The molecule has 2 fully saturated rings. The van der Waals surface area contributed by atoms with E-state index in [-0.39, 0.29) is 17.9 Å². The number of fused-ring (bicyclic) bond motifs is 1. The maximum atomic E-state index is 12.9. The van der Waals surface area contributed by atoms with Crippen LogP contribution in [0.15, 0.2) is 42.6 Å². The number of carbonyl (C=O) groups excluding carboxylic acids is 1. The van der Waals surface area contributed by atoms with Crippen LogP contribution in [0.1, 0.15) is 23.2 Å². The van der Waals surface area contributed by atoms with E-state index in [9.17, 15) is 9.90 Å². The Morgan fingerprint density at radius 2 is 2.00 bits per heavy atom. The Bertz CT molecular complexity index is 862. The summed E-state index contributed by atoms with van der Waals surface area (Å²) in [4.78, 5) is 18.8. The number of rotatable bonds is 4. The van der Waals surface area contributed by atoms with Crippen molar-refractivity contribution in [1.82, 2.24) is 9.88 Å². The lowest BCUT2D eigenvalue weighted by atomic mass is 9.78. The second-order valence-electron chi connectivity index (χ2n) is 7.47. The minimum atomic E-state index is -0.559. The highest BCUT2D eigenvalue weighted by atomic mass is 35.5. The van der Waals surface area contributed by atoms with Crippen LogP contribution in [-0.2, 0) is 0 Å². The van der Waals surface area contributed by atoms with Crippen LogP contribution in [0.4, 0.5) is 0 Å². The molecule has 0 radical (unpaired) electrons. The number of halogens is 1. The van der Waals surface area contributed by atoms with E-state index >= 15 is 0 Å². The van der Waals surface area contributed by atoms with Crippen molar-refractivity contribution in [3.05, 3.63) is 53.2 Å². The maximum absolute atomic E-state index is 12.9. The number of carbonyl (C=O) groups is 1. The van der Waals surface area contributed by atoms with Crippen molar-refractivity contribution in [3.63, 3.8) is 0 Å². The lowest BCUT2D eigenvalue weighted by Crippen LogP contribution is -2.42. The van der Waals surface area contributed by atoms with Crippen LogP contribution in [0, 0.1) is 11.8 Å².